The number of benzene rings is 1. The van der Waals surface area contributed by atoms with Crippen molar-refractivity contribution in [2.24, 2.45) is 0 Å². The number of hydroxylamine groups is 3. The number of aliphatic hydroxyl groups excluding tert-OH is 1. The molecule has 7 heteroatoms. The van der Waals surface area contributed by atoms with Crippen molar-refractivity contribution in [1.29, 1.82) is 0 Å². The van der Waals surface area contributed by atoms with Crippen molar-refractivity contribution >= 4 is 17.1 Å². The zero-order chi connectivity index (χ0) is 12.4. The van der Waals surface area contributed by atoms with Crippen molar-refractivity contribution < 1.29 is 15.5 Å². The fourth-order valence-corrected chi connectivity index (χ4v) is 1.90. The van der Waals surface area contributed by atoms with Crippen molar-refractivity contribution in [3.05, 3.63) is 17.7 Å². The molecule has 2 rings (SSSR count). The molecule has 94 valence electrons. The van der Waals surface area contributed by atoms with Crippen LogP contribution in [0.25, 0.3) is 0 Å². The Morgan fingerprint density at radius 1 is 1.35 bits per heavy atom. The van der Waals surface area contributed by atoms with Gasteiger partial charge in [-0.3, -0.25) is 5.21 Å². The molecule has 0 saturated carbocycles. The van der Waals surface area contributed by atoms with Gasteiger partial charge in [-0.15, -0.1) is 0 Å². The van der Waals surface area contributed by atoms with Gasteiger partial charge in [0.1, 0.15) is 6.67 Å². The van der Waals surface area contributed by atoms with Gasteiger partial charge in [-0.05, 0) is 12.1 Å². The Kier molecular flexibility index (Phi) is 3.34. The topological polar surface area (TPSA) is 105 Å². The quantitative estimate of drug-likeness (QED) is 0.475. The molecular weight excluding hydrogens is 224 g/mol. The maximum atomic E-state index is 9.81. The summed E-state index contributed by atoms with van der Waals surface area (Å²) in [5, 5.41) is 32.9. The predicted octanol–water partition coefficient (Wildman–Crippen LogP) is 0.0309. The van der Waals surface area contributed by atoms with Crippen molar-refractivity contribution in [3.63, 3.8) is 0 Å². The van der Waals surface area contributed by atoms with Crippen LogP contribution in [0.3, 0.4) is 0 Å². The first-order valence-electron chi connectivity index (χ1n) is 5.29. The SMILES string of the molecule is Nc1ccc(NCCO)c2c1CN(O)CN2O. The van der Waals surface area contributed by atoms with Crippen LogP contribution in [0.15, 0.2) is 12.1 Å². The number of hydrogen-bond acceptors (Lipinski definition) is 7. The molecule has 0 amide bonds. The summed E-state index contributed by atoms with van der Waals surface area (Å²) in [6.07, 6.45) is 0. The van der Waals surface area contributed by atoms with E-state index in [0.29, 0.717) is 29.2 Å². The molecule has 0 saturated heterocycles. The fraction of sp³-hybridized carbons (Fsp3) is 0.400. The molecule has 7 nitrogen and oxygen atoms in total. The second-order valence-corrected chi connectivity index (χ2v) is 3.89. The zero-order valence-electron chi connectivity index (χ0n) is 9.30. The molecule has 1 aromatic carbocycles. The molecule has 0 fully saturated rings. The Morgan fingerprint density at radius 3 is 2.82 bits per heavy atom. The van der Waals surface area contributed by atoms with Crippen molar-refractivity contribution in [1.82, 2.24) is 5.06 Å². The lowest BCUT2D eigenvalue weighted by atomic mass is 10.1. The monoisotopic (exact) mass is 240 g/mol. The van der Waals surface area contributed by atoms with Gasteiger partial charge in [-0.1, -0.05) is 0 Å². The number of aliphatic hydroxyl groups is 1. The second kappa shape index (κ2) is 4.76. The van der Waals surface area contributed by atoms with Gasteiger partial charge in [0.05, 0.1) is 24.5 Å². The highest BCUT2D eigenvalue weighted by Gasteiger charge is 2.25. The van der Waals surface area contributed by atoms with Crippen LogP contribution in [0.4, 0.5) is 17.1 Å². The third-order valence-electron chi connectivity index (χ3n) is 2.64. The number of nitrogens with two attached hydrogens (primary N) is 1. The van der Waals surface area contributed by atoms with Crippen LogP contribution < -0.4 is 16.1 Å². The molecule has 17 heavy (non-hydrogen) atoms. The van der Waals surface area contributed by atoms with Crippen molar-refractivity contribution in [2.45, 2.75) is 6.54 Å². The van der Waals surface area contributed by atoms with Gasteiger partial charge in [-0.25, -0.2) is 5.06 Å². The van der Waals surface area contributed by atoms with Crippen LogP contribution in [0.1, 0.15) is 5.56 Å². The second-order valence-electron chi connectivity index (χ2n) is 3.89. The highest BCUT2D eigenvalue weighted by molar-refractivity contribution is 5.79. The van der Waals surface area contributed by atoms with E-state index >= 15 is 0 Å². The Labute approximate surface area is 98.6 Å². The molecule has 0 unspecified atom stereocenters. The summed E-state index contributed by atoms with van der Waals surface area (Å²) < 4.78 is 0. The average molecular weight is 240 g/mol. The lowest BCUT2D eigenvalue weighted by molar-refractivity contribution is -0.117. The summed E-state index contributed by atoms with van der Waals surface area (Å²) in [5.41, 5.74) is 8.20. The van der Waals surface area contributed by atoms with E-state index in [0.717, 1.165) is 10.1 Å². The molecule has 1 aliphatic heterocycles. The lowest BCUT2D eigenvalue weighted by Crippen LogP contribution is -2.39. The first kappa shape index (κ1) is 11.9. The molecule has 0 aromatic heterocycles. The van der Waals surface area contributed by atoms with Crippen LogP contribution >= 0.6 is 0 Å². The average Bonchev–Trinajstić information content (AvgIpc) is 2.28. The zero-order valence-corrected chi connectivity index (χ0v) is 9.30. The molecule has 0 spiro atoms. The third-order valence-corrected chi connectivity index (χ3v) is 2.64. The number of hydrogen-bond donors (Lipinski definition) is 5. The maximum absolute atomic E-state index is 9.81. The normalized spacial score (nSPS) is 15.8. The van der Waals surface area contributed by atoms with E-state index < -0.39 is 0 Å². The molecule has 0 bridgehead atoms. The highest BCUT2D eigenvalue weighted by Crippen LogP contribution is 2.36. The van der Waals surface area contributed by atoms with Gasteiger partial charge >= 0.3 is 0 Å². The maximum Gasteiger partial charge on any atom is 0.121 e. The van der Waals surface area contributed by atoms with Gasteiger partial charge in [0.2, 0.25) is 0 Å². The summed E-state index contributed by atoms with van der Waals surface area (Å²) in [7, 11) is 0. The molecule has 1 aromatic rings. The summed E-state index contributed by atoms with van der Waals surface area (Å²) in [5.74, 6) is 0. The summed E-state index contributed by atoms with van der Waals surface area (Å²) in [6.45, 7) is 0.626. The van der Waals surface area contributed by atoms with Gasteiger partial charge in [0, 0.05) is 17.8 Å². The minimum Gasteiger partial charge on any atom is -0.398 e. The number of fused-ring (bicyclic) bond motifs is 1. The Bertz CT molecular complexity index is 413. The van der Waals surface area contributed by atoms with E-state index in [1.807, 2.05) is 0 Å². The summed E-state index contributed by atoms with van der Waals surface area (Å²) >= 11 is 0. The van der Waals surface area contributed by atoms with E-state index in [-0.39, 0.29) is 19.8 Å². The molecule has 0 atom stereocenters. The van der Waals surface area contributed by atoms with Gasteiger partial charge in [0.25, 0.3) is 0 Å². The van der Waals surface area contributed by atoms with E-state index in [2.05, 4.69) is 5.32 Å². The molecule has 6 N–H and O–H groups in total. The van der Waals surface area contributed by atoms with Gasteiger partial charge in [-0.2, -0.15) is 5.06 Å². The number of rotatable bonds is 3. The number of nitrogens with one attached hydrogen (secondary N) is 1. The largest absolute Gasteiger partial charge is 0.398 e. The summed E-state index contributed by atoms with van der Waals surface area (Å²) in [4.78, 5) is 0. The van der Waals surface area contributed by atoms with Crippen LogP contribution in [-0.4, -0.2) is 40.4 Å². The van der Waals surface area contributed by atoms with E-state index in [9.17, 15) is 10.4 Å². The molecular formula is C10H16N4O3. The lowest BCUT2D eigenvalue weighted by Gasteiger charge is -2.33. The van der Waals surface area contributed by atoms with E-state index in [1.165, 1.54) is 0 Å². The highest BCUT2D eigenvalue weighted by atomic mass is 16.5. The minimum absolute atomic E-state index is 0.00327. The Morgan fingerprint density at radius 2 is 2.12 bits per heavy atom. The smallest absolute Gasteiger partial charge is 0.121 e. The van der Waals surface area contributed by atoms with Crippen molar-refractivity contribution in [2.75, 3.05) is 35.9 Å². The number of nitrogen functional groups attached to an aromatic ring is 1. The molecule has 0 aliphatic carbocycles. The van der Waals surface area contributed by atoms with E-state index in [4.69, 9.17) is 10.8 Å². The van der Waals surface area contributed by atoms with E-state index in [1.54, 1.807) is 12.1 Å². The third kappa shape index (κ3) is 2.27. The van der Waals surface area contributed by atoms with Crippen molar-refractivity contribution in [3.8, 4) is 0 Å². The first-order valence-corrected chi connectivity index (χ1v) is 5.29. The van der Waals surface area contributed by atoms with Crippen LogP contribution in [0, 0.1) is 0 Å². The number of nitrogens with zero attached hydrogens (tertiary/aromatic N) is 2. The fourth-order valence-electron chi connectivity index (χ4n) is 1.90. The molecule has 0 radical (unpaired) electrons. The minimum atomic E-state index is -0.00966. The Hall–Kier alpha value is -1.54. The van der Waals surface area contributed by atoms with Gasteiger partial charge < -0.3 is 21.4 Å². The Balaban J connectivity index is 2.40. The standard InChI is InChI=1S/C10H16N4O3/c11-8-1-2-9(12-3-4-15)10-7(8)5-13(16)6-14(10)17/h1-2,12,15-17H,3-6,11H2. The molecule has 1 heterocycles. The van der Waals surface area contributed by atoms with Crippen LogP contribution in [0.2, 0.25) is 0 Å². The first-order chi connectivity index (χ1) is 8.13. The van der Waals surface area contributed by atoms with Crippen LogP contribution in [0.5, 0.6) is 0 Å². The molecule has 1 aliphatic rings. The number of anilines is 3. The van der Waals surface area contributed by atoms with Gasteiger partial charge in [0.15, 0.2) is 0 Å². The summed E-state index contributed by atoms with van der Waals surface area (Å²) in [6, 6.07) is 3.44. The van der Waals surface area contributed by atoms with Crippen LogP contribution in [-0.2, 0) is 6.54 Å². The predicted molar refractivity (Wildman–Crippen MR) is 62.9 cm³/mol.